The number of alkyl halides is 1. The summed E-state index contributed by atoms with van der Waals surface area (Å²) in [5, 5.41) is 15.6. The number of hydrogen-bond donors (Lipinski definition) is 2. The number of hydrogen-bond acceptors (Lipinski definition) is 3. The van der Waals surface area contributed by atoms with Gasteiger partial charge in [0.1, 0.15) is 17.3 Å². The summed E-state index contributed by atoms with van der Waals surface area (Å²) in [5.74, 6) is -2.84. The van der Waals surface area contributed by atoms with Crippen LogP contribution in [0.2, 0.25) is 0 Å². The molecule has 0 spiro atoms. The Morgan fingerprint density at radius 3 is 2.53 bits per heavy atom. The second-order valence-electron chi connectivity index (χ2n) is 9.32. The van der Waals surface area contributed by atoms with E-state index < -0.39 is 29.3 Å². The number of aromatic amines is 1. The maximum absolute atomic E-state index is 15.4. The van der Waals surface area contributed by atoms with Crippen molar-refractivity contribution in [2.24, 2.45) is 0 Å². The first kappa shape index (κ1) is 23.8. The number of H-pyrrole nitrogens is 1. The van der Waals surface area contributed by atoms with Crippen molar-refractivity contribution in [2.75, 3.05) is 6.54 Å². The minimum absolute atomic E-state index is 0.0126. The third-order valence-corrected chi connectivity index (χ3v) is 6.03. The highest BCUT2D eigenvalue weighted by molar-refractivity contribution is 5.85. The van der Waals surface area contributed by atoms with E-state index in [1.165, 1.54) is 13.8 Å². The largest absolute Gasteiger partial charge is 0.478 e. The van der Waals surface area contributed by atoms with Crippen LogP contribution < -0.4 is 0 Å². The molecule has 0 fully saturated rings. The van der Waals surface area contributed by atoms with Crippen molar-refractivity contribution >= 4 is 12.0 Å². The fraction of sp³-hybridized carbons (Fsp3) is 0.308. The number of nitrogens with zero attached hydrogens (tertiary/aromatic N) is 2. The number of aliphatic carboxylic acids is 1. The molecule has 2 aromatic carbocycles. The van der Waals surface area contributed by atoms with Crippen LogP contribution in [-0.2, 0) is 11.2 Å². The molecular weight excluding hydrogens is 443 g/mol. The third kappa shape index (κ3) is 4.92. The van der Waals surface area contributed by atoms with Gasteiger partial charge in [-0.05, 0) is 67.7 Å². The van der Waals surface area contributed by atoms with Gasteiger partial charge in [-0.2, -0.15) is 5.10 Å². The first-order valence-electron chi connectivity index (χ1n) is 11.0. The van der Waals surface area contributed by atoms with E-state index in [0.29, 0.717) is 12.0 Å². The fourth-order valence-electron chi connectivity index (χ4n) is 4.64. The molecule has 0 aliphatic carbocycles. The summed E-state index contributed by atoms with van der Waals surface area (Å²) in [6.07, 6.45) is 6.02. The third-order valence-electron chi connectivity index (χ3n) is 6.03. The van der Waals surface area contributed by atoms with Gasteiger partial charge in [0.2, 0.25) is 0 Å². The second-order valence-corrected chi connectivity index (χ2v) is 9.32. The Bertz CT molecular complexity index is 1210. The van der Waals surface area contributed by atoms with Gasteiger partial charge in [0.15, 0.2) is 0 Å². The smallest absolute Gasteiger partial charge is 0.328 e. The quantitative estimate of drug-likeness (QED) is 0.466. The molecule has 2 atom stereocenters. The van der Waals surface area contributed by atoms with Crippen molar-refractivity contribution in [3.63, 3.8) is 0 Å². The van der Waals surface area contributed by atoms with Gasteiger partial charge in [0.05, 0.1) is 12.2 Å². The molecule has 0 amide bonds. The Hall–Kier alpha value is -3.39. The van der Waals surface area contributed by atoms with Crippen molar-refractivity contribution < 1.29 is 23.1 Å². The van der Waals surface area contributed by atoms with Crippen molar-refractivity contribution in [3.8, 4) is 11.1 Å². The minimum Gasteiger partial charge on any atom is -0.478 e. The molecule has 34 heavy (non-hydrogen) atoms. The van der Waals surface area contributed by atoms with Crippen LogP contribution in [0.15, 0.2) is 48.8 Å². The molecule has 5 nitrogen and oxygen atoms in total. The lowest BCUT2D eigenvalue weighted by Gasteiger charge is -2.44. The van der Waals surface area contributed by atoms with Gasteiger partial charge in [-0.25, -0.2) is 18.0 Å². The summed E-state index contributed by atoms with van der Waals surface area (Å²) in [7, 11) is 0. The standard InChI is InChI=1S/C26H26F3N3O2/c1-15-8-18-11-17(19-12-30-31-13-19)5-6-20(18)25(32(15)14-26(2,3)29)24-21(27)9-16(10-22(24)28)4-7-23(33)34/h4-7,9-13,15,25H,8,14H2,1-3H3,(H,30,31)(H,33,34)/b7-4+. The van der Waals surface area contributed by atoms with Gasteiger partial charge < -0.3 is 5.11 Å². The number of aromatic nitrogens is 2. The molecule has 3 aromatic rings. The van der Waals surface area contributed by atoms with Gasteiger partial charge in [-0.3, -0.25) is 10.00 Å². The van der Waals surface area contributed by atoms with Crippen molar-refractivity contribution in [1.82, 2.24) is 15.1 Å². The maximum atomic E-state index is 15.4. The Balaban J connectivity index is 1.86. The number of carboxylic acids is 1. The molecule has 0 radical (unpaired) electrons. The van der Waals surface area contributed by atoms with Crippen molar-refractivity contribution in [1.29, 1.82) is 0 Å². The van der Waals surface area contributed by atoms with E-state index in [1.54, 1.807) is 17.3 Å². The lowest BCUT2D eigenvalue weighted by Crippen LogP contribution is -2.48. The van der Waals surface area contributed by atoms with E-state index in [2.05, 4.69) is 10.2 Å². The van der Waals surface area contributed by atoms with Crippen LogP contribution in [0.5, 0.6) is 0 Å². The molecule has 0 bridgehead atoms. The lowest BCUT2D eigenvalue weighted by atomic mass is 9.82. The van der Waals surface area contributed by atoms with Gasteiger partial charge in [-0.1, -0.05) is 18.2 Å². The molecule has 2 unspecified atom stereocenters. The van der Waals surface area contributed by atoms with Crippen LogP contribution in [0.1, 0.15) is 49.1 Å². The Morgan fingerprint density at radius 1 is 1.24 bits per heavy atom. The number of fused-ring (bicyclic) bond motifs is 1. The van der Waals surface area contributed by atoms with Crippen LogP contribution in [0, 0.1) is 11.6 Å². The molecule has 8 heteroatoms. The number of halogens is 3. The van der Waals surface area contributed by atoms with E-state index in [0.717, 1.165) is 41.0 Å². The summed E-state index contributed by atoms with van der Waals surface area (Å²) in [6, 6.07) is 6.88. The molecule has 0 saturated heterocycles. The monoisotopic (exact) mass is 469 g/mol. The van der Waals surface area contributed by atoms with E-state index in [9.17, 15) is 9.18 Å². The number of rotatable bonds is 6. The predicted octanol–water partition coefficient (Wildman–Crippen LogP) is 5.54. The van der Waals surface area contributed by atoms with E-state index >= 15 is 8.78 Å². The Labute approximate surface area is 195 Å². The highest BCUT2D eigenvalue weighted by Crippen LogP contribution is 2.42. The summed E-state index contributed by atoms with van der Waals surface area (Å²) >= 11 is 0. The minimum atomic E-state index is -1.59. The second kappa shape index (κ2) is 9.10. The highest BCUT2D eigenvalue weighted by atomic mass is 19.1. The average molecular weight is 470 g/mol. The zero-order valence-electron chi connectivity index (χ0n) is 19.1. The molecule has 0 saturated carbocycles. The molecule has 2 heterocycles. The van der Waals surface area contributed by atoms with Crippen LogP contribution in [0.3, 0.4) is 0 Å². The predicted molar refractivity (Wildman–Crippen MR) is 124 cm³/mol. The van der Waals surface area contributed by atoms with E-state index in [4.69, 9.17) is 5.11 Å². The molecule has 4 rings (SSSR count). The number of nitrogens with one attached hydrogen (secondary N) is 1. The topological polar surface area (TPSA) is 69.2 Å². The Kier molecular flexibility index (Phi) is 6.36. The highest BCUT2D eigenvalue weighted by Gasteiger charge is 2.39. The van der Waals surface area contributed by atoms with Crippen molar-refractivity contribution in [2.45, 2.75) is 44.9 Å². The molecule has 1 aliphatic heterocycles. The summed E-state index contributed by atoms with van der Waals surface area (Å²) in [5.41, 5.74) is 1.79. The fourth-order valence-corrected chi connectivity index (χ4v) is 4.64. The van der Waals surface area contributed by atoms with Gasteiger partial charge in [0.25, 0.3) is 0 Å². The summed E-state index contributed by atoms with van der Waals surface area (Å²) < 4.78 is 45.6. The lowest BCUT2D eigenvalue weighted by molar-refractivity contribution is -0.131. The first-order valence-corrected chi connectivity index (χ1v) is 11.0. The van der Waals surface area contributed by atoms with Gasteiger partial charge in [0, 0.05) is 36.0 Å². The first-order chi connectivity index (χ1) is 16.0. The number of carbonyl (C=O) groups is 1. The van der Waals surface area contributed by atoms with Crippen LogP contribution >= 0.6 is 0 Å². The van der Waals surface area contributed by atoms with Crippen molar-refractivity contribution in [3.05, 3.63) is 82.7 Å². The summed E-state index contributed by atoms with van der Waals surface area (Å²) in [6.45, 7) is 4.80. The molecule has 1 aromatic heterocycles. The molecule has 1 aliphatic rings. The van der Waals surface area contributed by atoms with Crippen LogP contribution in [0.4, 0.5) is 13.2 Å². The van der Waals surface area contributed by atoms with Gasteiger partial charge in [-0.15, -0.1) is 0 Å². The molecule has 178 valence electrons. The maximum Gasteiger partial charge on any atom is 0.328 e. The molecule has 2 N–H and O–H groups in total. The van der Waals surface area contributed by atoms with Gasteiger partial charge >= 0.3 is 5.97 Å². The summed E-state index contributed by atoms with van der Waals surface area (Å²) in [4.78, 5) is 12.6. The zero-order valence-corrected chi connectivity index (χ0v) is 19.1. The van der Waals surface area contributed by atoms with Crippen LogP contribution in [-0.4, -0.2) is 44.4 Å². The average Bonchev–Trinajstić information content (AvgIpc) is 3.27. The van der Waals surface area contributed by atoms with E-state index in [-0.39, 0.29) is 23.7 Å². The normalized spacial score (nSPS) is 18.9. The zero-order chi connectivity index (χ0) is 24.6. The number of carboxylic acid groups (broad SMARTS) is 1. The molecular formula is C26H26F3N3O2. The van der Waals surface area contributed by atoms with Crippen LogP contribution in [0.25, 0.3) is 17.2 Å². The van der Waals surface area contributed by atoms with E-state index in [1.807, 2.05) is 25.1 Å². The number of benzene rings is 2. The Morgan fingerprint density at radius 2 is 1.94 bits per heavy atom. The SMILES string of the molecule is CC1Cc2cc(-c3cn[nH]c3)ccc2C(c2c(F)cc(/C=C/C(=O)O)cc2F)N1CC(C)(C)F.